The zero-order chi connectivity index (χ0) is 18.7. The highest BCUT2D eigenvalue weighted by atomic mass is 32.1. The number of hydrogen-bond donors (Lipinski definition) is 2. The maximum Gasteiger partial charge on any atom is 0.162 e. The maximum absolute atomic E-state index is 10.8. The summed E-state index contributed by atoms with van der Waals surface area (Å²) in [4.78, 5) is 0. The number of thiocarbonyl (C=S) groups is 1. The first-order valence-electron chi connectivity index (χ1n) is 8.52. The third kappa shape index (κ3) is 5.45. The molecule has 1 rings (SSSR count). The summed E-state index contributed by atoms with van der Waals surface area (Å²) in [6.45, 7) is 14.9. The Morgan fingerprint density at radius 2 is 1.54 bits per heavy atom. The third-order valence-electron chi connectivity index (χ3n) is 4.07. The van der Waals surface area contributed by atoms with Crippen molar-refractivity contribution in [1.29, 1.82) is 0 Å². The zero-order valence-corrected chi connectivity index (χ0v) is 16.9. The van der Waals surface area contributed by atoms with Gasteiger partial charge in [0.05, 0.1) is 6.61 Å². The minimum absolute atomic E-state index is 0.0333. The molecule has 0 aliphatic carbocycles. The Morgan fingerprint density at radius 1 is 1.08 bits per heavy atom. The van der Waals surface area contributed by atoms with Gasteiger partial charge in [0.2, 0.25) is 0 Å². The second-order valence-electron chi connectivity index (χ2n) is 8.54. The smallest absolute Gasteiger partial charge is 0.162 e. The van der Waals surface area contributed by atoms with Crippen LogP contribution in [-0.4, -0.2) is 28.5 Å². The molecule has 1 atom stereocenters. The minimum atomic E-state index is -0.142. The number of aliphatic hydroxyl groups is 1. The number of hydrogen-bond acceptors (Lipinski definition) is 4. The average molecular weight is 353 g/mol. The summed E-state index contributed by atoms with van der Waals surface area (Å²) in [6.07, 6.45) is 0.747. The van der Waals surface area contributed by atoms with Crippen molar-refractivity contribution in [3.8, 4) is 5.75 Å². The summed E-state index contributed by atoms with van der Waals surface area (Å²) >= 11 is 5.30. The van der Waals surface area contributed by atoms with Crippen LogP contribution in [-0.2, 0) is 22.0 Å². The van der Waals surface area contributed by atoms with Gasteiger partial charge in [0.25, 0.3) is 0 Å². The number of benzene rings is 1. The van der Waals surface area contributed by atoms with Gasteiger partial charge in [0.15, 0.2) is 5.05 Å². The second kappa shape index (κ2) is 7.83. The first kappa shape index (κ1) is 20.9. The van der Waals surface area contributed by atoms with E-state index in [2.05, 4.69) is 53.7 Å². The molecule has 0 radical (unpaired) electrons. The number of aromatic hydroxyl groups is 1. The SMILES string of the molecule is CC(Cc1cc(C(C)(C)C)c(O)c(C(C)(C)C)c1)C(=S)OCCO. The number of phenolic OH excluding ortho intramolecular Hbond substituents is 1. The van der Waals surface area contributed by atoms with Crippen molar-refractivity contribution in [1.82, 2.24) is 0 Å². The number of rotatable bonds is 5. The van der Waals surface area contributed by atoms with Gasteiger partial charge in [0, 0.05) is 5.92 Å². The molecule has 1 aromatic rings. The average Bonchev–Trinajstić information content (AvgIpc) is 2.43. The molecule has 2 N–H and O–H groups in total. The highest BCUT2D eigenvalue weighted by Crippen LogP contribution is 2.40. The normalized spacial score (nSPS) is 13.7. The van der Waals surface area contributed by atoms with E-state index in [9.17, 15) is 5.11 Å². The van der Waals surface area contributed by atoms with E-state index >= 15 is 0 Å². The Balaban J connectivity index is 3.22. The van der Waals surface area contributed by atoms with Crippen molar-refractivity contribution in [3.05, 3.63) is 28.8 Å². The van der Waals surface area contributed by atoms with Crippen LogP contribution in [0.5, 0.6) is 5.75 Å². The first-order chi connectivity index (χ1) is 10.9. The van der Waals surface area contributed by atoms with Gasteiger partial charge in [-0.25, -0.2) is 0 Å². The van der Waals surface area contributed by atoms with Gasteiger partial charge >= 0.3 is 0 Å². The van der Waals surface area contributed by atoms with Crippen LogP contribution in [0.4, 0.5) is 0 Å². The molecule has 0 spiro atoms. The molecule has 4 heteroatoms. The lowest BCUT2D eigenvalue weighted by Crippen LogP contribution is -2.20. The summed E-state index contributed by atoms with van der Waals surface area (Å²) in [5.74, 6) is 0.460. The van der Waals surface area contributed by atoms with Crippen LogP contribution in [0, 0.1) is 5.92 Å². The van der Waals surface area contributed by atoms with E-state index in [4.69, 9.17) is 22.1 Å². The van der Waals surface area contributed by atoms with Gasteiger partial charge in [-0.15, -0.1) is 0 Å². The van der Waals surface area contributed by atoms with Gasteiger partial charge in [-0.1, -0.05) is 60.6 Å². The number of aliphatic hydroxyl groups excluding tert-OH is 1. The van der Waals surface area contributed by atoms with Crippen LogP contribution >= 0.6 is 12.2 Å². The highest BCUT2D eigenvalue weighted by molar-refractivity contribution is 7.80. The molecule has 0 fully saturated rings. The van der Waals surface area contributed by atoms with Gasteiger partial charge in [-0.2, -0.15) is 0 Å². The van der Waals surface area contributed by atoms with E-state index in [0.29, 0.717) is 10.8 Å². The molecule has 0 aliphatic heterocycles. The van der Waals surface area contributed by atoms with Crippen LogP contribution in [0.1, 0.15) is 65.2 Å². The molecule has 1 aromatic carbocycles. The molecule has 3 nitrogen and oxygen atoms in total. The van der Waals surface area contributed by atoms with E-state index in [-0.39, 0.29) is 30.0 Å². The Bertz CT molecular complexity index is 545. The molecular weight excluding hydrogens is 320 g/mol. The molecular formula is C20H32O3S. The maximum atomic E-state index is 10.8. The van der Waals surface area contributed by atoms with Crippen molar-refractivity contribution in [2.75, 3.05) is 13.2 Å². The van der Waals surface area contributed by atoms with Crippen molar-refractivity contribution in [2.24, 2.45) is 5.92 Å². The lowest BCUT2D eigenvalue weighted by atomic mass is 9.77. The first-order valence-corrected chi connectivity index (χ1v) is 8.93. The Morgan fingerprint density at radius 3 is 1.92 bits per heavy atom. The molecule has 24 heavy (non-hydrogen) atoms. The van der Waals surface area contributed by atoms with Crippen LogP contribution < -0.4 is 0 Å². The fourth-order valence-corrected chi connectivity index (χ4v) is 2.85. The van der Waals surface area contributed by atoms with Crippen LogP contribution in [0.2, 0.25) is 0 Å². The predicted octanol–water partition coefficient (Wildman–Crippen LogP) is 4.50. The molecule has 0 amide bonds. The molecule has 0 heterocycles. The Labute approximate surface area is 152 Å². The largest absolute Gasteiger partial charge is 0.507 e. The fraction of sp³-hybridized carbons (Fsp3) is 0.650. The summed E-state index contributed by atoms with van der Waals surface area (Å²) in [6, 6.07) is 4.16. The standard InChI is InChI=1S/C20H32O3S/c1-13(18(24)23-9-8-21)10-14-11-15(19(2,3)4)17(22)16(12-14)20(5,6)7/h11-13,21-22H,8-10H2,1-7H3. The van der Waals surface area contributed by atoms with E-state index in [1.807, 2.05) is 6.92 Å². The van der Waals surface area contributed by atoms with E-state index in [1.54, 1.807) is 0 Å². The summed E-state index contributed by atoms with van der Waals surface area (Å²) in [5.41, 5.74) is 2.78. The van der Waals surface area contributed by atoms with Crippen molar-refractivity contribution < 1.29 is 14.9 Å². The lowest BCUT2D eigenvalue weighted by Gasteiger charge is -2.28. The summed E-state index contributed by atoms with van der Waals surface area (Å²) in [7, 11) is 0. The molecule has 0 bridgehead atoms. The highest BCUT2D eigenvalue weighted by Gasteiger charge is 2.27. The van der Waals surface area contributed by atoms with Gasteiger partial charge in [-0.05, 0) is 46.2 Å². The molecule has 0 saturated heterocycles. The molecule has 0 saturated carbocycles. The van der Waals surface area contributed by atoms with Crippen LogP contribution in [0.3, 0.4) is 0 Å². The summed E-state index contributed by atoms with van der Waals surface area (Å²) in [5, 5.41) is 20.1. The van der Waals surface area contributed by atoms with Crippen LogP contribution in [0.25, 0.3) is 0 Å². The molecule has 1 unspecified atom stereocenters. The number of ether oxygens (including phenoxy) is 1. The Kier molecular flexibility index (Phi) is 6.83. The van der Waals surface area contributed by atoms with Crippen LogP contribution in [0.15, 0.2) is 12.1 Å². The van der Waals surface area contributed by atoms with Gasteiger partial charge < -0.3 is 14.9 Å². The monoisotopic (exact) mass is 352 g/mol. The molecule has 136 valence electrons. The quantitative estimate of drug-likeness (QED) is 0.766. The summed E-state index contributed by atoms with van der Waals surface area (Å²) < 4.78 is 5.38. The lowest BCUT2D eigenvalue weighted by molar-refractivity contribution is 0.190. The molecule has 0 aromatic heterocycles. The Hall–Kier alpha value is -1.13. The minimum Gasteiger partial charge on any atom is -0.507 e. The zero-order valence-electron chi connectivity index (χ0n) is 16.1. The third-order valence-corrected chi connectivity index (χ3v) is 4.59. The molecule has 0 aliphatic rings. The van der Waals surface area contributed by atoms with Crippen molar-refractivity contribution in [2.45, 2.75) is 65.7 Å². The van der Waals surface area contributed by atoms with Gasteiger partial charge in [-0.3, -0.25) is 0 Å². The van der Waals surface area contributed by atoms with E-state index in [0.717, 1.165) is 23.1 Å². The topological polar surface area (TPSA) is 49.7 Å². The second-order valence-corrected chi connectivity index (χ2v) is 8.94. The van der Waals surface area contributed by atoms with E-state index in [1.165, 1.54) is 0 Å². The van der Waals surface area contributed by atoms with Gasteiger partial charge in [0.1, 0.15) is 12.4 Å². The van der Waals surface area contributed by atoms with Crippen molar-refractivity contribution in [3.63, 3.8) is 0 Å². The predicted molar refractivity (Wildman–Crippen MR) is 104 cm³/mol. The van der Waals surface area contributed by atoms with E-state index < -0.39 is 0 Å². The fourth-order valence-electron chi connectivity index (χ4n) is 2.68. The van der Waals surface area contributed by atoms with Crippen molar-refractivity contribution >= 4 is 17.3 Å². The number of phenols is 1.